The van der Waals surface area contributed by atoms with Crippen LogP contribution in [0.2, 0.25) is 0 Å². The molecule has 3 aromatic rings. The third kappa shape index (κ3) is 5.34. The fraction of sp³-hybridized carbons (Fsp3) is 0.250. The number of hydrogen-bond acceptors (Lipinski definition) is 5. The van der Waals surface area contributed by atoms with Crippen LogP contribution in [0.5, 0.6) is 5.75 Å². The summed E-state index contributed by atoms with van der Waals surface area (Å²) in [6.07, 6.45) is 0.992. The number of nitrogens with two attached hydrogens (primary N) is 1. The van der Waals surface area contributed by atoms with Gasteiger partial charge in [0.05, 0.1) is 12.3 Å². The molecule has 0 fully saturated rings. The maximum Gasteiger partial charge on any atom is 0.227 e. The first kappa shape index (κ1) is 19.0. The van der Waals surface area contributed by atoms with Crippen molar-refractivity contribution in [2.24, 2.45) is 5.73 Å². The molecule has 0 saturated heterocycles. The van der Waals surface area contributed by atoms with Crippen LogP contribution >= 0.6 is 11.8 Å². The number of amides is 1. The number of hydrogen-bond donors (Lipinski definition) is 1. The lowest BCUT2D eigenvalue weighted by Gasteiger charge is -2.11. The highest BCUT2D eigenvalue weighted by atomic mass is 32.2. The van der Waals surface area contributed by atoms with E-state index in [9.17, 15) is 4.79 Å². The number of carbonyl (C=O) groups is 1. The number of carbonyl (C=O) groups excluding carboxylic acids is 1. The first-order valence-corrected chi connectivity index (χ1v) is 9.73. The highest BCUT2D eigenvalue weighted by molar-refractivity contribution is 7.99. The van der Waals surface area contributed by atoms with E-state index in [1.54, 1.807) is 0 Å². The van der Waals surface area contributed by atoms with E-state index in [4.69, 9.17) is 10.5 Å². The van der Waals surface area contributed by atoms with Gasteiger partial charge in [0.1, 0.15) is 12.4 Å². The normalized spacial score (nSPS) is 10.7. The zero-order valence-corrected chi connectivity index (χ0v) is 16.0. The molecule has 0 aliphatic carbocycles. The van der Waals surface area contributed by atoms with Crippen LogP contribution in [0.25, 0.3) is 0 Å². The van der Waals surface area contributed by atoms with E-state index in [2.05, 4.69) is 29.3 Å². The fourth-order valence-corrected chi connectivity index (χ4v) is 3.26. The summed E-state index contributed by atoms with van der Waals surface area (Å²) < 4.78 is 7.85. The third-order valence-electron chi connectivity index (χ3n) is 4.02. The Kier molecular flexibility index (Phi) is 6.49. The van der Waals surface area contributed by atoms with Crippen molar-refractivity contribution >= 4 is 17.7 Å². The van der Waals surface area contributed by atoms with Crippen molar-refractivity contribution in [3.8, 4) is 5.75 Å². The van der Waals surface area contributed by atoms with Gasteiger partial charge in [-0.3, -0.25) is 9.36 Å². The van der Waals surface area contributed by atoms with Gasteiger partial charge >= 0.3 is 0 Å². The van der Waals surface area contributed by atoms with Gasteiger partial charge in [-0.05, 0) is 29.7 Å². The molecule has 0 radical (unpaired) electrons. The van der Waals surface area contributed by atoms with Crippen LogP contribution < -0.4 is 10.5 Å². The Morgan fingerprint density at radius 1 is 1.07 bits per heavy atom. The third-order valence-corrected chi connectivity index (χ3v) is 5.01. The van der Waals surface area contributed by atoms with Gasteiger partial charge < -0.3 is 10.5 Å². The van der Waals surface area contributed by atoms with Crippen molar-refractivity contribution in [1.82, 2.24) is 14.8 Å². The van der Waals surface area contributed by atoms with Crippen LogP contribution in [0.4, 0.5) is 0 Å². The molecule has 1 aromatic heterocycles. The zero-order chi connectivity index (χ0) is 19.1. The van der Waals surface area contributed by atoms with E-state index >= 15 is 0 Å². The van der Waals surface area contributed by atoms with Crippen molar-refractivity contribution in [1.29, 1.82) is 0 Å². The second-order valence-electron chi connectivity index (χ2n) is 6.01. The summed E-state index contributed by atoms with van der Waals surface area (Å²) in [4.78, 5) is 11.1. The second-order valence-corrected chi connectivity index (χ2v) is 6.95. The van der Waals surface area contributed by atoms with Gasteiger partial charge in [-0.15, -0.1) is 10.2 Å². The molecule has 0 aliphatic rings. The highest BCUT2D eigenvalue weighted by Gasteiger charge is 2.14. The highest BCUT2D eigenvalue weighted by Crippen LogP contribution is 2.20. The average molecular weight is 382 g/mol. The molecule has 0 bridgehead atoms. The second kappa shape index (κ2) is 9.23. The van der Waals surface area contributed by atoms with Crippen LogP contribution in [-0.2, 0) is 24.4 Å². The topological polar surface area (TPSA) is 83.0 Å². The molecule has 7 heteroatoms. The molecule has 0 saturated carbocycles. The van der Waals surface area contributed by atoms with Gasteiger partial charge in [-0.2, -0.15) is 0 Å². The summed E-state index contributed by atoms with van der Waals surface area (Å²) in [5, 5.41) is 9.12. The number of primary amides is 1. The van der Waals surface area contributed by atoms with E-state index < -0.39 is 0 Å². The van der Waals surface area contributed by atoms with Gasteiger partial charge in [-0.1, -0.05) is 61.2 Å². The maximum absolute atomic E-state index is 11.1. The largest absolute Gasteiger partial charge is 0.486 e. The minimum absolute atomic E-state index is 0.159. The van der Waals surface area contributed by atoms with Crippen molar-refractivity contribution in [3.05, 3.63) is 71.5 Å². The molecule has 27 heavy (non-hydrogen) atoms. The molecule has 140 valence electrons. The Morgan fingerprint density at radius 3 is 2.48 bits per heavy atom. The summed E-state index contributed by atoms with van der Waals surface area (Å²) in [7, 11) is 0. The van der Waals surface area contributed by atoms with Crippen LogP contribution in [0.15, 0.2) is 59.8 Å². The number of rotatable bonds is 9. The number of benzene rings is 2. The van der Waals surface area contributed by atoms with Crippen LogP contribution in [0.1, 0.15) is 23.9 Å². The minimum atomic E-state index is -0.386. The molecule has 6 nitrogen and oxygen atoms in total. The van der Waals surface area contributed by atoms with Gasteiger partial charge in [0.2, 0.25) is 5.91 Å². The Balaban J connectivity index is 1.76. The van der Waals surface area contributed by atoms with Gasteiger partial charge in [0.15, 0.2) is 11.0 Å². The molecule has 2 aromatic carbocycles. The minimum Gasteiger partial charge on any atom is -0.486 e. The van der Waals surface area contributed by atoms with Crippen molar-refractivity contribution in [3.63, 3.8) is 0 Å². The average Bonchev–Trinajstić information content (AvgIpc) is 3.07. The molecular weight excluding hydrogens is 360 g/mol. The van der Waals surface area contributed by atoms with Gasteiger partial charge in [0, 0.05) is 0 Å². The summed E-state index contributed by atoms with van der Waals surface area (Å²) in [5.74, 6) is 1.26. The lowest BCUT2D eigenvalue weighted by Crippen LogP contribution is -2.14. The molecule has 1 amide bonds. The Hall–Kier alpha value is -2.80. The molecule has 1 heterocycles. The number of aromatic nitrogens is 3. The molecule has 2 N–H and O–H groups in total. The molecular formula is C20H22N4O2S. The first-order valence-electron chi connectivity index (χ1n) is 8.74. The monoisotopic (exact) mass is 382 g/mol. The summed E-state index contributed by atoms with van der Waals surface area (Å²) >= 11 is 1.28. The predicted octanol–water partition coefficient (Wildman–Crippen LogP) is 3.05. The molecule has 0 atom stereocenters. The van der Waals surface area contributed by atoms with E-state index in [1.165, 1.54) is 17.3 Å². The van der Waals surface area contributed by atoms with Crippen LogP contribution in [-0.4, -0.2) is 26.4 Å². The van der Waals surface area contributed by atoms with E-state index in [-0.39, 0.29) is 11.7 Å². The quantitative estimate of drug-likeness (QED) is 0.575. The van der Waals surface area contributed by atoms with Crippen LogP contribution in [0.3, 0.4) is 0 Å². The Labute approximate surface area is 162 Å². The van der Waals surface area contributed by atoms with Crippen LogP contribution in [0, 0.1) is 0 Å². The smallest absolute Gasteiger partial charge is 0.227 e. The lowest BCUT2D eigenvalue weighted by atomic mass is 10.2. The lowest BCUT2D eigenvalue weighted by molar-refractivity contribution is -0.115. The fourth-order valence-electron chi connectivity index (χ4n) is 2.56. The molecule has 0 unspecified atom stereocenters. The van der Waals surface area contributed by atoms with E-state index in [0.717, 1.165) is 17.7 Å². The summed E-state index contributed by atoms with van der Waals surface area (Å²) in [6, 6.07) is 18.0. The van der Waals surface area contributed by atoms with Gasteiger partial charge in [0.25, 0.3) is 0 Å². The van der Waals surface area contributed by atoms with Crippen molar-refractivity contribution < 1.29 is 9.53 Å². The number of nitrogens with zero attached hydrogens (tertiary/aromatic N) is 3. The Morgan fingerprint density at radius 2 is 1.81 bits per heavy atom. The standard InChI is InChI=1S/C20H22N4O2S/c1-2-15-8-10-17(11-9-15)26-13-19-22-23-20(27-14-18(21)25)24(19)12-16-6-4-3-5-7-16/h3-11H,2,12-14H2,1H3,(H2,21,25). The summed E-state index contributed by atoms with van der Waals surface area (Å²) in [5.41, 5.74) is 7.65. The van der Waals surface area contributed by atoms with E-state index in [0.29, 0.717) is 24.1 Å². The molecule has 0 aliphatic heterocycles. The number of aryl methyl sites for hydroxylation is 1. The van der Waals surface area contributed by atoms with Crippen molar-refractivity contribution in [2.75, 3.05) is 5.75 Å². The summed E-state index contributed by atoms with van der Waals surface area (Å²) in [6.45, 7) is 3.01. The first-order chi connectivity index (χ1) is 13.2. The number of thioether (sulfide) groups is 1. The molecule has 0 spiro atoms. The van der Waals surface area contributed by atoms with Crippen molar-refractivity contribution in [2.45, 2.75) is 31.7 Å². The predicted molar refractivity (Wildman–Crippen MR) is 106 cm³/mol. The zero-order valence-electron chi connectivity index (χ0n) is 15.2. The SMILES string of the molecule is CCc1ccc(OCc2nnc(SCC(N)=O)n2Cc2ccccc2)cc1. The number of ether oxygens (including phenoxy) is 1. The Bertz CT molecular complexity index is 879. The maximum atomic E-state index is 11.1. The van der Waals surface area contributed by atoms with Gasteiger partial charge in [-0.25, -0.2) is 0 Å². The van der Waals surface area contributed by atoms with E-state index in [1.807, 2.05) is 47.0 Å². The molecule has 3 rings (SSSR count).